The smallest absolute Gasteiger partial charge is 0.315 e. The van der Waals surface area contributed by atoms with Gasteiger partial charge in [-0.25, -0.2) is 17.5 Å². The fourth-order valence-electron chi connectivity index (χ4n) is 8.61. The predicted octanol–water partition coefficient (Wildman–Crippen LogP) is 3.90. The van der Waals surface area contributed by atoms with Gasteiger partial charge in [0.05, 0.1) is 17.3 Å². The topological polar surface area (TPSA) is 174 Å². The lowest BCUT2D eigenvalue weighted by Crippen LogP contribution is -2.61. The molecule has 0 aromatic carbocycles. The molecule has 5 rings (SSSR count). The Balaban J connectivity index is 1.34. The molecule has 3 aliphatic heterocycles. The average molecular weight is 749 g/mol. The highest BCUT2D eigenvalue weighted by Crippen LogP contribution is 2.33. The molecule has 5 amide bonds. The number of Topliss-reactive ketones (excluding diaryl/α,β-unsaturated/α-hetero) is 1. The number of ketones is 1. The summed E-state index contributed by atoms with van der Waals surface area (Å²) in [6, 6.07) is -3.27. The molecule has 3 heterocycles. The van der Waals surface area contributed by atoms with E-state index in [1.807, 2.05) is 0 Å². The van der Waals surface area contributed by atoms with Crippen LogP contribution in [0.1, 0.15) is 142 Å². The number of nitrogens with zero attached hydrogens (tertiary/aromatic N) is 2. The predicted molar refractivity (Wildman–Crippen MR) is 199 cm³/mol. The van der Waals surface area contributed by atoms with Crippen LogP contribution in [0.3, 0.4) is 0 Å². The molecule has 4 N–H and O–H groups in total. The van der Waals surface area contributed by atoms with Crippen LogP contribution in [0, 0.1) is 11.8 Å². The van der Waals surface area contributed by atoms with E-state index in [2.05, 4.69) is 35.1 Å². The van der Waals surface area contributed by atoms with E-state index < -0.39 is 57.3 Å². The van der Waals surface area contributed by atoms with E-state index in [0.29, 0.717) is 58.2 Å². The van der Waals surface area contributed by atoms with Crippen molar-refractivity contribution in [2.45, 2.75) is 172 Å². The van der Waals surface area contributed by atoms with Crippen molar-refractivity contribution < 1.29 is 32.4 Å². The molecule has 5 aliphatic rings. The molecular formula is C38H64N6O7S. The van der Waals surface area contributed by atoms with E-state index in [1.54, 1.807) is 9.21 Å². The minimum Gasteiger partial charge on any atom is -0.347 e. The second kappa shape index (κ2) is 18.5. The quantitative estimate of drug-likeness (QED) is 0.259. The Morgan fingerprint density at radius 1 is 0.808 bits per heavy atom. The zero-order valence-electron chi connectivity index (χ0n) is 31.6. The number of fused-ring (bicyclic) bond motifs is 1. The summed E-state index contributed by atoms with van der Waals surface area (Å²) >= 11 is 0. The molecule has 2 aliphatic carbocycles. The molecule has 4 atom stereocenters. The Kier molecular flexibility index (Phi) is 14.4. The summed E-state index contributed by atoms with van der Waals surface area (Å²) in [6.45, 7) is 5.47. The van der Waals surface area contributed by atoms with E-state index in [0.717, 1.165) is 89.9 Å². The normalized spacial score (nSPS) is 28.8. The maximum absolute atomic E-state index is 14.5. The number of amides is 5. The molecule has 294 valence electrons. The molecular weight excluding hydrogens is 685 g/mol. The molecule has 2 saturated carbocycles. The number of sulfonamides is 1. The maximum atomic E-state index is 14.5. The summed E-state index contributed by atoms with van der Waals surface area (Å²) < 4.78 is 28.8. The Hall–Kier alpha value is -2.74. The third kappa shape index (κ3) is 11.1. The lowest BCUT2D eigenvalue weighted by Gasteiger charge is -2.40. The van der Waals surface area contributed by atoms with Gasteiger partial charge in [0.2, 0.25) is 27.6 Å². The van der Waals surface area contributed by atoms with E-state index in [9.17, 15) is 32.4 Å². The Labute approximate surface area is 311 Å². The van der Waals surface area contributed by atoms with Crippen molar-refractivity contribution in [2.24, 2.45) is 11.8 Å². The summed E-state index contributed by atoms with van der Waals surface area (Å²) in [5, 5.41) is 11.7. The molecule has 3 saturated heterocycles. The molecule has 0 aromatic rings. The van der Waals surface area contributed by atoms with Crippen LogP contribution >= 0.6 is 0 Å². The summed E-state index contributed by atoms with van der Waals surface area (Å²) in [7, 11) is -3.60. The second-order valence-electron chi connectivity index (χ2n) is 16.7. The second-order valence-corrected chi connectivity index (χ2v) is 18.6. The van der Waals surface area contributed by atoms with Gasteiger partial charge in [0.1, 0.15) is 12.1 Å². The van der Waals surface area contributed by atoms with Gasteiger partial charge in [0.25, 0.3) is 5.91 Å². The van der Waals surface area contributed by atoms with Crippen LogP contribution in [0.25, 0.3) is 0 Å². The summed E-state index contributed by atoms with van der Waals surface area (Å²) in [6.07, 6.45) is 15.3. The van der Waals surface area contributed by atoms with Crippen molar-refractivity contribution in [2.75, 3.05) is 25.4 Å². The summed E-state index contributed by atoms with van der Waals surface area (Å²) in [5.74, 6) is -2.05. The molecule has 0 bridgehead atoms. The molecule has 0 radical (unpaired) electrons. The van der Waals surface area contributed by atoms with Crippen molar-refractivity contribution in [1.29, 1.82) is 0 Å². The highest BCUT2D eigenvalue weighted by Gasteiger charge is 2.45. The van der Waals surface area contributed by atoms with E-state index in [4.69, 9.17) is 0 Å². The number of piperidine rings is 1. The number of hydrogen-bond donors (Lipinski definition) is 4. The van der Waals surface area contributed by atoms with Crippen LogP contribution in [0.15, 0.2) is 0 Å². The number of nitrogens with one attached hydrogen (secondary N) is 4. The van der Waals surface area contributed by atoms with Crippen molar-refractivity contribution in [3.63, 3.8) is 0 Å². The van der Waals surface area contributed by atoms with Crippen molar-refractivity contribution in [3.05, 3.63) is 0 Å². The van der Waals surface area contributed by atoms with Crippen molar-refractivity contribution in [3.8, 4) is 0 Å². The lowest BCUT2D eigenvalue weighted by molar-refractivity contribution is -0.143. The fourth-order valence-corrected chi connectivity index (χ4v) is 10.7. The Bertz CT molecular complexity index is 1370. The number of hydrogen-bond acceptors (Lipinski definition) is 7. The summed E-state index contributed by atoms with van der Waals surface area (Å²) in [5.41, 5.74) is -0.924. The third-order valence-electron chi connectivity index (χ3n) is 12.1. The number of rotatable bonds is 9. The largest absolute Gasteiger partial charge is 0.347 e. The number of carbonyl (C=O) groups excluding carboxylic acids is 5. The molecule has 0 aromatic heterocycles. The maximum Gasteiger partial charge on any atom is 0.315 e. The van der Waals surface area contributed by atoms with Gasteiger partial charge in [0, 0.05) is 25.7 Å². The van der Waals surface area contributed by atoms with Crippen molar-refractivity contribution in [1.82, 2.24) is 30.5 Å². The van der Waals surface area contributed by atoms with Crippen LogP contribution in [0.4, 0.5) is 4.79 Å². The van der Waals surface area contributed by atoms with Gasteiger partial charge < -0.3 is 26.2 Å². The Morgan fingerprint density at radius 3 is 2.04 bits per heavy atom. The molecule has 52 heavy (non-hydrogen) atoms. The molecule has 0 spiro atoms. The summed E-state index contributed by atoms with van der Waals surface area (Å²) in [4.78, 5) is 70.1. The van der Waals surface area contributed by atoms with E-state index in [-0.39, 0.29) is 29.5 Å². The van der Waals surface area contributed by atoms with Gasteiger partial charge in [-0.2, -0.15) is 0 Å². The van der Waals surface area contributed by atoms with Crippen LogP contribution in [0.5, 0.6) is 0 Å². The molecule has 0 unspecified atom stereocenters. The van der Waals surface area contributed by atoms with E-state index in [1.165, 1.54) is 0 Å². The highest BCUT2D eigenvalue weighted by atomic mass is 32.2. The molecule has 5 fully saturated rings. The van der Waals surface area contributed by atoms with Gasteiger partial charge >= 0.3 is 6.03 Å². The van der Waals surface area contributed by atoms with Crippen LogP contribution in [-0.2, 0) is 29.2 Å². The fraction of sp³-hybridized carbons (Fsp3) is 0.868. The van der Waals surface area contributed by atoms with Gasteiger partial charge in [-0.3, -0.25) is 19.2 Å². The number of urea groups is 1. The van der Waals surface area contributed by atoms with Gasteiger partial charge in [-0.15, -0.1) is 0 Å². The average Bonchev–Trinajstić information content (AvgIpc) is 3.81. The first-order valence-electron chi connectivity index (χ1n) is 20.4. The van der Waals surface area contributed by atoms with Crippen LogP contribution in [0.2, 0.25) is 0 Å². The Morgan fingerprint density at radius 2 is 1.40 bits per heavy atom. The molecule has 14 heteroatoms. The standard InChI is InChI=1S/C38H64N6O7S/c1-27(2)28-24-32-34(46)40-30(33(45)35(47)39-29-18-19-29)16-10-6-4-3-5-7-11-17-31(36(48)44(32)25-28)41-37(49)42-38(20-12-8-13-21-38)26-52(50,51)43-22-14-9-15-23-43/h27-32H,3-26H2,1-2H3,(H,39,47)(H,40,46)(H2,41,42,49)/t28-,30+,31+,32+/m1/s1. The van der Waals surface area contributed by atoms with Crippen LogP contribution in [-0.4, -0.2) is 102 Å². The van der Waals surface area contributed by atoms with E-state index >= 15 is 0 Å². The SMILES string of the molecule is CC(C)[C@@H]1C[C@H]2C(=O)N[C@H](C(=O)C(=O)NC3CC3)CCCCCCCCC[C@H](NC(=O)NC3(CS(=O)(=O)N4CCCCC4)CCCCC3)C(=O)N2C1. The first-order chi connectivity index (χ1) is 24.9. The van der Waals surface area contributed by atoms with Gasteiger partial charge in [-0.1, -0.05) is 84.5 Å². The van der Waals surface area contributed by atoms with Crippen LogP contribution < -0.4 is 21.3 Å². The lowest BCUT2D eigenvalue weighted by atomic mass is 9.83. The first-order valence-corrected chi connectivity index (χ1v) is 22.0. The number of carbonyl (C=O) groups is 5. The van der Waals surface area contributed by atoms with Gasteiger partial charge in [0.15, 0.2) is 0 Å². The first kappa shape index (κ1) is 40.4. The highest BCUT2D eigenvalue weighted by molar-refractivity contribution is 7.89. The molecule has 13 nitrogen and oxygen atoms in total. The van der Waals surface area contributed by atoms with Crippen molar-refractivity contribution >= 4 is 39.6 Å². The zero-order chi connectivity index (χ0) is 37.3. The zero-order valence-corrected chi connectivity index (χ0v) is 32.4. The minimum atomic E-state index is -3.60. The third-order valence-corrected chi connectivity index (χ3v) is 14.1. The van der Waals surface area contributed by atoms with Gasteiger partial charge in [-0.05, 0) is 69.6 Å². The minimum absolute atomic E-state index is 0.0155. The monoisotopic (exact) mass is 748 g/mol.